The molecule has 1 aromatic heterocycles. The summed E-state index contributed by atoms with van der Waals surface area (Å²) in [6, 6.07) is 12.9. The Morgan fingerprint density at radius 1 is 1.20 bits per heavy atom. The van der Waals surface area contributed by atoms with Crippen molar-refractivity contribution in [3.05, 3.63) is 47.5 Å². The van der Waals surface area contributed by atoms with Crippen LogP contribution in [0.5, 0.6) is 11.5 Å². The van der Waals surface area contributed by atoms with Crippen LogP contribution in [0, 0.1) is 0 Å². The van der Waals surface area contributed by atoms with E-state index in [0.29, 0.717) is 6.54 Å². The Morgan fingerprint density at radius 3 is 2.75 bits per heavy atom. The first-order chi connectivity index (χ1) is 9.74. The number of aromatic nitrogens is 1. The molecule has 20 heavy (non-hydrogen) atoms. The smallest absolute Gasteiger partial charge is 0.120 e. The Labute approximate surface area is 120 Å². The summed E-state index contributed by atoms with van der Waals surface area (Å²) in [6.07, 6.45) is 0. The lowest BCUT2D eigenvalue weighted by atomic mass is 10.3. The van der Waals surface area contributed by atoms with E-state index >= 15 is 0 Å². The predicted molar refractivity (Wildman–Crippen MR) is 81.6 cm³/mol. The van der Waals surface area contributed by atoms with Crippen LogP contribution in [0.25, 0.3) is 10.2 Å². The Bertz CT molecular complexity index is 722. The molecule has 0 aliphatic heterocycles. The zero-order chi connectivity index (χ0) is 13.9. The molecule has 4 nitrogen and oxygen atoms in total. The van der Waals surface area contributed by atoms with Gasteiger partial charge in [0.05, 0.1) is 23.9 Å². The number of anilines is 1. The van der Waals surface area contributed by atoms with E-state index < -0.39 is 0 Å². The lowest BCUT2D eigenvalue weighted by molar-refractivity contribution is 0.415. The van der Waals surface area contributed by atoms with Crippen LogP contribution in [0.2, 0.25) is 0 Å². The van der Waals surface area contributed by atoms with E-state index in [1.54, 1.807) is 30.6 Å². The van der Waals surface area contributed by atoms with Crippen LogP contribution in [-0.4, -0.2) is 17.2 Å². The number of rotatable bonds is 4. The molecule has 0 fully saturated rings. The van der Waals surface area contributed by atoms with E-state index in [-0.39, 0.29) is 5.75 Å². The molecule has 3 aromatic rings. The Morgan fingerprint density at radius 2 is 2.00 bits per heavy atom. The summed E-state index contributed by atoms with van der Waals surface area (Å²) in [7, 11) is 1.66. The number of phenolic OH excluding ortho intramolecular Hbond substituents is 1. The zero-order valence-corrected chi connectivity index (χ0v) is 11.8. The van der Waals surface area contributed by atoms with Gasteiger partial charge >= 0.3 is 0 Å². The number of nitrogens with zero attached hydrogens (tertiary/aromatic N) is 1. The summed E-state index contributed by atoms with van der Waals surface area (Å²) in [6.45, 7) is 0.659. The summed E-state index contributed by atoms with van der Waals surface area (Å²) >= 11 is 1.65. The minimum Gasteiger partial charge on any atom is -0.508 e. The number of benzene rings is 2. The Hall–Kier alpha value is -2.27. The first-order valence-electron chi connectivity index (χ1n) is 6.21. The second kappa shape index (κ2) is 5.38. The second-order valence-corrected chi connectivity index (χ2v) is 5.46. The molecule has 3 rings (SSSR count). The molecule has 0 unspecified atom stereocenters. The largest absolute Gasteiger partial charge is 0.508 e. The van der Waals surface area contributed by atoms with E-state index in [1.165, 1.54) is 0 Å². The number of hydrogen-bond acceptors (Lipinski definition) is 5. The third kappa shape index (κ3) is 2.67. The average Bonchev–Trinajstić information content (AvgIpc) is 2.88. The third-order valence-electron chi connectivity index (χ3n) is 2.95. The van der Waals surface area contributed by atoms with Crippen LogP contribution >= 0.6 is 11.3 Å². The number of ether oxygens (including phenoxy) is 1. The summed E-state index contributed by atoms with van der Waals surface area (Å²) in [5.74, 6) is 1.11. The fourth-order valence-electron chi connectivity index (χ4n) is 1.91. The van der Waals surface area contributed by atoms with Crippen molar-refractivity contribution in [2.24, 2.45) is 0 Å². The highest BCUT2D eigenvalue weighted by Crippen LogP contribution is 2.26. The molecule has 2 aromatic carbocycles. The molecule has 0 spiro atoms. The van der Waals surface area contributed by atoms with Crippen LogP contribution in [-0.2, 0) is 6.54 Å². The maximum absolute atomic E-state index is 9.24. The topological polar surface area (TPSA) is 54.4 Å². The number of nitrogens with one attached hydrogen (secondary N) is 1. The molecule has 0 aliphatic rings. The lowest BCUT2D eigenvalue weighted by Crippen LogP contribution is -1.98. The normalized spacial score (nSPS) is 10.7. The van der Waals surface area contributed by atoms with Gasteiger partial charge in [0.1, 0.15) is 16.5 Å². The van der Waals surface area contributed by atoms with E-state index in [1.807, 2.05) is 30.3 Å². The molecule has 0 atom stereocenters. The van der Waals surface area contributed by atoms with Crippen molar-refractivity contribution in [2.45, 2.75) is 6.54 Å². The molecule has 5 heteroatoms. The SMILES string of the molecule is COc1ccc2nc(CNc3ccc(O)cc3)sc2c1. The van der Waals surface area contributed by atoms with Crippen molar-refractivity contribution < 1.29 is 9.84 Å². The molecule has 0 saturated carbocycles. The van der Waals surface area contributed by atoms with Gasteiger partial charge in [-0.15, -0.1) is 11.3 Å². The highest BCUT2D eigenvalue weighted by Gasteiger charge is 2.05. The summed E-state index contributed by atoms with van der Waals surface area (Å²) in [5.41, 5.74) is 1.94. The van der Waals surface area contributed by atoms with Crippen molar-refractivity contribution in [1.82, 2.24) is 4.98 Å². The molecular weight excluding hydrogens is 272 g/mol. The molecule has 2 N–H and O–H groups in total. The van der Waals surface area contributed by atoms with Crippen LogP contribution in [0.4, 0.5) is 5.69 Å². The highest BCUT2D eigenvalue weighted by molar-refractivity contribution is 7.18. The highest BCUT2D eigenvalue weighted by atomic mass is 32.1. The monoisotopic (exact) mass is 286 g/mol. The first-order valence-corrected chi connectivity index (χ1v) is 7.02. The van der Waals surface area contributed by atoms with Gasteiger partial charge in [0.25, 0.3) is 0 Å². The third-order valence-corrected chi connectivity index (χ3v) is 3.97. The van der Waals surface area contributed by atoms with Crippen LogP contribution in [0.1, 0.15) is 5.01 Å². The zero-order valence-electron chi connectivity index (χ0n) is 11.0. The maximum Gasteiger partial charge on any atom is 0.120 e. The van der Waals surface area contributed by atoms with Crippen molar-refractivity contribution in [2.75, 3.05) is 12.4 Å². The Kier molecular flexibility index (Phi) is 3.43. The summed E-state index contributed by atoms with van der Waals surface area (Å²) in [4.78, 5) is 4.57. The molecule has 1 heterocycles. The molecule has 0 amide bonds. The predicted octanol–water partition coefficient (Wildman–Crippen LogP) is 3.62. The fourth-order valence-corrected chi connectivity index (χ4v) is 2.85. The summed E-state index contributed by atoms with van der Waals surface area (Å²) < 4.78 is 6.33. The van der Waals surface area contributed by atoms with Crippen molar-refractivity contribution in [1.29, 1.82) is 0 Å². The lowest BCUT2D eigenvalue weighted by Gasteiger charge is -2.03. The van der Waals surface area contributed by atoms with E-state index in [4.69, 9.17) is 4.74 Å². The minimum absolute atomic E-state index is 0.266. The molecule has 0 bridgehead atoms. The first kappa shape index (κ1) is 12.7. The number of methoxy groups -OCH3 is 1. The fraction of sp³-hybridized carbons (Fsp3) is 0.133. The van der Waals surface area contributed by atoms with Crippen LogP contribution in [0.3, 0.4) is 0 Å². The van der Waals surface area contributed by atoms with Gasteiger partial charge in [-0.2, -0.15) is 0 Å². The van der Waals surface area contributed by atoms with Crippen LogP contribution in [0.15, 0.2) is 42.5 Å². The molecule has 0 radical (unpaired) electrons. The second-order valence-electron chi connectivity index (χ2n) is 4.34. The van der Waals surface area contributed by atoms with Gasteiger partial charge in [-0.05, 0) is 42.5 Å². The Balaban J connectivity index is 1.75. The number of thiazole rings is 1. The van der Waals surface area contributed by atoms with Gasteiger partial charge in [0, 0.05) is 5.69 Å². The molecule has 0 aliphatic carbocycles. The van der Waals surface area contributed by atoms with Gasteiger partial charge in [-0.1, -0.05) is 0 Å². The molecule has 102 valence electrons. The van der Waals surface area contributed by atoms with Gasteiger partial charge in [-0.3, -0.25) is 0 Å². The maximum atomic E-state index is 9.24. The summed E-state index contributed by atoms with van der Waals surface area (Å²) in [5, 5.41) is 13.5. The van der Waals surface area contributed by atoms with Gasteiger partial charge in [0.2, 0.25) is 0 Å². The van der Waals surface area contributed by atoms with Crippen LogP contribution < -0.4 is 10.1 Å². The number of fused-ring (bicyclic) bond motifs is 1. The quantitative estimate of drug-likeness (QED) is 0.719. The van der Waals surface area contributed by atoms with Gasteiger partial charge in [0.15, 0.2) is 0 Å². The molecule has 0 saturated heterocycles. The van der Waals surface area contributed by atoms with E-state index in [2.05, 4.69) is 10.3 Å². The number of phenols is 1. The number of aromatic hydroxyl groups is 1. The molecular formula is C15H14N2O2S. The number of hydrogen-bond donors (Lipinski definition) is 2. The van der Waals surface area contributed by atoms with Gasteiger partial charge in [-0.25, -0.2) is 4.98 Å². The average molecular weight is 286 g/mol. The van der Waals surface area contributed by atoms with Crippen molar-refractivity contribution in [3.63, 3.8) is 0 Å². The standard InChI is InChI=1S/C15H14N2O2S/c1-19-12-6-7-13-14(8-12)20-15(17-13)9-16-10-2-4-11(18)5-3-10/h2-8,16,18H,9H2,1H3. The van der Waals surface area contributed by atoms with Crippen molar-refractivity contribution >= 4 is 27.2 Å². The minimum atomic E-state index is 0.266. The van der Waals surface area contributed by atoms with Gasteiger partial charge < -0.3 is 15.2 Å². The van der Waals surface area contributed by atoms with E-state index in [9.17, 15) is 5.11 Å². The van der Waals surface area contributed by atoms with E-state index in [0.717, 1.165) is 26.7 Å². The van der Waals surface area contributed by atoms with Crippen molar-refractivity contribution in [3.8, 4) is 11.5 Å².